The number of benzene rings is 2. The van der Waals surface area contributed by atoms with E-state index in [2.05, 4.69) is 73.5 Å². The van der Waals surface area contributed by atoms with Gasteiger partial charge in [0.1, 0.15) is 0 Å². The van der Waals surface area contributed by atoms with Gasteiger partial charge in [0.2, 0.25) is 0 Å². The van der Waals surface area contributed by atoms with Crippen LogP contribution in [0.15, 0.2) is 35.9 Å². The first kappa shape index (κ1) is 17.5. The predicted octanol–water partition coefficient (Wildman–Crippen LogP) is 4.15. The van der Waals surface area contributed by atoms with Crippen LogP contribution in [0.5, 0.6) is 0 Å². The molecule has 26 heavy (non-hydrogen) atoms. The molecule has 2 aliphatic rings. The molecule has 1 heteroatoms. The second-order valence-electron chi connectivity index (χ2n) is 8.03. The zero-order valence-electron chi connectivity index (χ0n) is 16.2. The number of rotatable bonds is 2. The monoisotopic (exact) mass is 355 g/mol. The van der Waals surface area contributed by atoms with Gasteiger partial charge in [-0.05, 0) is 89.9 Å². The third-order valence-corrected chi connectivity index (χ3v) is 7.01. The molecule has 0 N–H and O–H groups in total. The Labute approximate surface area is 160 Å². The topological polar surface area (TPSA) is 0 Å². The van der Waals surface area contributed by atoms with Crippen LogP contribution in [-0.2, 0) is 0 Å². The Bertz CT molecular complexity index is 1000. The minimum atomic E-state index is 0.766. The molecule has 2 aromatic carbocycles. The summed E-state index contributed by atoms with van der Waals surface area (Å²) in [5.74, 6) is 0.766. The third-order valence-electron chi connectivity index (χ3n) is 6.24. The second kappa shape index (κ2) is 7.04. The van der Waals surface area contributed by atoms with Gasteiger partial charge in [0.15, 0.2) is 0 Å². The lowest BCUT2D eigenvalue weighted by molar-refractivity contribution is 0.419. The van der Waals surface area contributed by atoms with Gasteiger partial charge in [-0.2, -0.15) is 0 Å². The third kappa shape index (κ3) is 3.14. The van der Waals surface area contributed by atoms with Gasteiger partial charge in [-0.1, -0.05) is 60.4 Å². The fraction of sp³-hybridized carbons (Fsp3) is 0.360. The van der Waals surface area contributed by atoms with Crippen molar-refractivity contribution >= 4 is 27.6 Å². The first-order valence-electron chi connectivity index (χ1n) is 9.91. The molecular formula is C25H27Si. The summed E-state index contributed by atoms with van der Waals surface area (Å²) in [6.45, 7) is 6.64. The lowest BCUT2D eigenvalue weighted by Crippen LogP contribution is -2.24. The van der Waals surface area contributed by atoms with Crippen LogP contribution in [0.3, 0.4) is 0 Å². The van der Waals surface area contributed by atoms with Crippen molar-refractivity contribution in [1.29, 1.82) is 0 Å². The van der Waals surface area contributed by atoms with E-state index in [1.807, 2.05) is 0 Å². The molecular weight excluding hydrogens is 328 g/mol. The molecule has 0 nitrogen and oxygen atoms in total. The quantitative estimate of drug-likeness (QED) is 0.710. The Morgan fingerprint density at radius 3 is 2.46 bits per heavy atom. The molecule has 131 valence electrons. The molecule has 0 atom stereocenters. The van der Waals surface area contributed by atoms with Crippen molar-refractivity contribution in [1.82, 2.24) is 0 Å². The van der Waals surface area contributed by atoms with Gasteiger partial charge in [-0.25, -0.2) is 0 Å². The Morgan fingerprint density at radius 2 is 1.69 bits per heavy atom. The summed E-state index contributed by atoms with van der Waals surface area (Å²) < 4.78 is 0. The zero-order chi connectivity index (χ0) is 18.3. The van der Waals surface area contributed by atoms with E-state index >= 15 is 0 Å². The Balaban J connectivity index is 1.83. The van der Waals surface area contributed by atoms with Crippen LogP contribution >= 0.6 is 0 Å². The highest BCUT2D eigenvalue weighted by atomic mass is 28.1. The van der Waals surface area contributed by atoms with Crippen LogP contribution in [0.25, 0.3) is 23.3 Å². The molecule has 0 aliphatic heterocycles. The van der Waals surface area contributed by atoms with Crippen molar-refractivity contribution < 1.29 is 0 Å². The SMILES string of the molecule is Cc1cc(-c2cccc3c2=CC(=CC2CCCCC2)C=3)c(C)c(C)c1[Si]. The summed E-state index contributed by atoms with van der Waals surface area (Å²) in [6, 6.07) is 9.07. The maximum absolute atomic E-state index is 3.80. The Hall–Kier alpha value is -1.86. The van der Waals surface area contributed by atoms with Crippen molar-refractivity contribution in [3.8, 4) is 11.1 Å². The van der Waals surface area contributed by atoms with E-state index in [1.165, 1.54) is 81.1 Å². The average molecular weight is 356 g/mol. The van der Waals surface area contributed by atoms with E-state index < -0.39 is 0 Å². The van der Waals surface area contributed by atoms with Crippen molar-refractivity contribution in [2.24, 2.45) is 5.92 Å². The maximum atomic E-state index is 3.80. The average Bonchev–Trinajstić information content (AvgIpc) is 3.06. The molecule has 2 aromatic rings. The van der Waals surface area contributed by atoms with Crippen molar-refractivity contribution in [3.05, 3.63) is 63.0 Å². The van der Waals surface area contributed by atoms with Crippen LogP contribution in [0, 0.1) is 26.7 Å². The zero-order valence-corrected chi connectivity index (χ0v) is 17.2. The van der Waals surface area contributed by atoms with Crippen molar-refractivity contribution in [3.63, 3.8) is 0 Å². The van der Waals surface area contributed by atoms with Gasteiger partial charge in [0, 0.05) is 0 Å². The van der Waals surface area contributed by atoms with E-state index in [4.69, 9.17) is 0 Å². The number of allylic oxidation sites excluding steroid dienone is 2. The van der Waals surface area contributed by atoms with E-state index in [0.717, 1.165) is 5.92 Å². The highest BCUT2D eigenvalue weighted by molar-refractivity contribution is 6.34. The first-order chi connectivity index (χ1) is 12.5. The van der Waals surface area contributed by atoms with Crippen LogP contribution in [0.2, 0.25) is 0 Å². The molecule has 0 aromatic heterocycles. The predicted molar refractivity (Wildman–Crippen MR) is 114 cm³/mol. The lowest BCUT2D eigenvalue weighted by atomic mass is 9.88. The largest absolute Gasteiger partial charge is 0.0741 e. The van der Waals surface area contributed by atoms with Crippen LogP contribution in [0.4, 0.5) is 0 Å². The Kier molecular flexibility index (Phi) is 4.75. The first-order valence-corrected chi connectivity index (χ1v) is 10.4. The van der Waals surface area contributed by atoms with Gasteiger partial charge in [0.05, 0.1) is 10.2 Å². The summed E-state index contributed by atoms with van der Waals surface area (Å²) in [5.41, 5.74) is 8.14. The van der Waals surface area contributed by atoms with E-state index in [-0.39, 0.29) is 0 Å². The highest BCUT2D eigenvalue weighted by Crippen LogP contribution is 2.27. The van der Waals surface area contributed by atoms with E-state index in [0.29, 0.717) is 0 Å². The van der Waals surface area contributed by atoms with Gasteiger partial charge in [-0.3, -0.25) is 0 Å². The Morgan fingerprint density at radius 1 is 0.923 bits per heavy atom. The molecule has 3 radical (unpaired) electrons. The van der Waals surface area contributed by atoms with Crippen LogP contribution in [0.1, 0.15) is 48.8 Å². The molecule has 2 aliphatic carbocycles. The number of hydrogen-bond donors (Lipinski definition) is 0. The molecule has 0 unspecified atom stereocenters. The van der Waals surface area contributed by atoms with E-state index in [1.54, 1.807) is 0 Å². The fourth-order valence-electron chi connectivity index (χ4n) is 4.52. The number of hydrogen-bond acceptors (Lipinski definition) is 0. The number of aryl methyl sites for hydroxylation is 1. The minimum absolute atomic E-state index is 0.766. The summed E-state index contributed by atoms with van der Waals surface area (Å²) in [6.07, 6.45) is 14.2. The normalized spacial score (nSPS) is 18.5. The summed E-state index contributed by atoms with van der Waals surface area (Å²) in [7, 11) is 3.80. The lowest BCUT2D eigenvalue weighted by Gasteiger charge is -2.18. The van der Waals surface area contributed by atoms with Crippen LogP contribution in [-0.4, -0.2) is 10.2 Å². The van der Waals surface area contributed by atoms with Gasteiger partial charge in [0.25, 0.3) is 0 Å². The van der Waals surface area contributed by atoms with Gasteiger partial charge in [-0.15, -0.1) is 0 Å². The maximum Gasteiger partial charge on any atom is 0.0719 e. The van der Waals surface area contributed by atoms with Crippen molar-refractivity contribution in [2.75, 3.05) is 0 Å². The van der Waals surface area contributed by atoms with Gasteiger partial charge >= 0.3 is 0 Å². The molecule has 1 saturated carbocycles. The summed E-state index contributed by atoms with van der Waals surface area (Å²) in [4.78, 5) is 0. The van der Waals surface area contributed by atoms with Crippen molar-refractivity contribution in [2.45, 2.75) is 52.9 Å². The van der Waals surface area contributed by atoms with E-state index in [9.17, 15) is 0 Å². The molecule has 0 amide bonds. The molecule has 0 spiro atoms. The smallest absolute Gasteiger partial charge is 0.0719 e. The fourth-order valence-corrected chi connectivity index (χ4v) is 4.78. The molecule has 1 fully saturated rings. The molecule has 0 saturated heterocycles. The second-order valence-corrected chi connectivity index (χ2v) is 8.53. The molecule has 0 bridgehead atoms. The molecule has 0 heterocycles. The minimum Gasteiger partial charge on any atom is -0.0741 e. The number of fused-ring (bicyclic) bond motifs is 1. The standard InChI is InChI=1S/C25H27Si/c1-16-12-23(17(2)18(3)25(16)26)22-11-7-10-21-14-20(15-24(21)22)13-19-8-5-4-6-9-19/h7,10-15,19H,4-6,8-9H2,1-3H3. The van der Waals surface area contributed by atoms with Crippen LogP contribution < -0.4 is 15.6 Å². The van der Waals surface area contributed by atoms with Gasteiger partial charge < -0.3 is 0 Å². The summed E-state index contributed by atoms with van der Waals surface area (Å²) >= 11 is 0. The highest BCUT2D eigenvalue weighted by Gasteiger charge is 2.14. The summed E-state index contributed by atoms with van der Waals surface area (Å²) in [5, 5.41) is 3.98. The molecule has 4 rings (SSSR count).